The van der Waals surface area contributed by atoms with Gasteiger partial charge in [0.15, 0.2) is 0 Å². The lowest BCUT2D eigenvalue weighted by Gasteiger charge is -2.38. The molecule has 3 N–H and O–H groups in total. The summed E-state index contributed by atoms with van der Waals surface area (Å²) in [5.41, 5.74) is 6.27. The second-order valence-corrected chi connectivity index (χ2v) is 9.36. The molecular formula is C19H30ClN3O3S. The Morgan fingerprint density at radius 1 is 1.26 bits per heavy atom. The predicted molar refractivity (Wildman–Crippen MR) is 109 cm³/mol. The maximum Gasteiger partial charge on any atom is 0.254 e. The first-order valence-electron chi connectivity index (χ1n) is 9.54. The Labute approximate surface area is 168 Å². The number of piperidine rings is 1. The molecule has 1 aliphatic carbocycles. The largest absolute Gasteiger partial charge is 0.334 e. The van der Waals surface area contributed by atoms with Crippen LogP contribution < -0.4 is 10.5 Å². The Balaban J connectivity index is 0.00000261. The Morgan fingerprint density at radius 3 is 2.63 bits per heavy atom. The summed E-state index contributed by atoms with van der Waals surface area (Å²) in [6.45, 7) is 3.27. The molecule has 0 aromatic heterocycles. The number of carbonyl (C=O) groups excluding carboxylic acids is 1. The number of amides is 1. The molecule has 27 heavy (non-hydrogen) atoms. The van der Waals surface area contributed by atoms with Gasteiger partial charge in [0.25, 0.3) is 5.91 Å². The van der Waals surface area contributed by atoms with E-state index in [0.717, 1.165) is 38.5 Å². The number of nitrogens with two attached hydrogens (primary N) is 1. The molecular weight excluding hydrogens is 386 g/mol. The molecule has 1 heterocycles. The van der Waals surface area contributed by atoms with Crippen LogP contribution >= 0.6 is 12.4 Å². The van der Waals surface area contributed by atoms with E-state index >= 15 is 0 Å². The van der Waals surface area contributed by atoms with Crippen molar-refractivity contribution in [3.05, 3.63) is 29.8 Å². The Kier molecular flexibility index (Phi) is 7.68. The van der Waals surface area contributed by atoms with Crippen molar-refractivity contribution in [2.24, 2.45) is 11.7 Å². The summed E-state index contributed by atoms with van der Waals surface area (Å²) in [5, 5.41) is 0. The van der Waals surface area contributed by atoms with E-state index in [4.69, 9.17) is 5.73 Å². The summed E-state index contributed by atoms with van der Waals surface area (Å²) >= 11 is 0. The number of nitrogens with zero attached hydrogens (tertiary/aromatic N) is 1. The highest BCUT2D eigenvalue weighted by Crippen LogP contribution is 2.25. The summed E-state index contributed by atoms with van der Waals surface area (Å²) in [5.74, 6) is 0.417. The minimum absolute atomic E-state index is 0. The Bertz CT molecular complexity index is 750. The number of likely N-dealkylation sites (tertiary alicyclic amines) is 1. The van der Waals surface area contributed by atoms with Gasteiger partial charge >= 0.3 is 0 Å². The molecule has 1 amide bonds. The van der Waals surface area contributed by atoms with E-state index < -0.39 is 10.0 Å². The highest BCUT2D eigenvalue weighted by Gasteiger charge is 2.30. The molecule has 0 bridgehead atoms. The van der Waals surface area contributed by atoms with Crippen molar-refractivity contribution in [2.75, 3.05) is 13.1 Å². The Morgan fingerprint density at radius 2 is 1.96 bits per heavy atom. The van der Waals surface area contributed by atoms with E-state index in [2.05, 4.69) is 11.6 Å². The van der Waals surface area contributed by atoms with E-state index in [9.17, 15) is 13.2 Å². The van der Waals surface area contributed by atoms with Crippen molar-refractivity contribution in [3.63, 3.8) is 0 Å². The number of hydrogen-bond acceptors (Lipinski definition) is 4. The second kappa shape index (κ2) is 9.37. The zero-order chi connectivity index (χ0) is 18.7. The summed E-state index contributed by atoms with van der Waals surface area (Å²) in [7, 11) is -3.60. The van der Waals surface area contributed by atoms with Crippen molar-refractivity contribution >= 4 is 28.3 Å². The summed E-state index contributed by atoms with van der Waals surface area (Å²) in [4.78, 5) is 14.9. The van der Waals surface area contributed by atoms with Gasteiger partial charge in [-0.05, 0) is 49.8 Å². The second-order valence-electron chi connectivity index (χ2n) is 7.65. The highest BCUT2D eigenvalue weighted by molar-refractivity contribution is 7.89. The van der Waals surface area contributed by atoms with Crippen LogP contribution in [0.15, 0.2) is 29.2 Å². The van der Waals surface area contributed by atoms with E-state index in [1.807, 2.05) is 0 Å². The number of rotatable bonds is 5. The average Bonchev–Trinajstić information content (AvgIpc) is 3.13. The van der Waals surface area contributed by atoms with Crippen LogP contribution in [0.1, 0.15) is 55.8 Å². The van der Waals surface area contributed by atoms with Crippen molar-refractivity contribution < 1.29 is 13.2 Å². The first-order valence-corrected chi connectivity index (χ1v) is 11.0. The summed E-state index contributed by atoms with van der Waals surface area (Å²) in [6, 6.07) is 6.38. The van der Waals surface area contributed by atoms with Gasteiger partial charge in [0.2, 0.25) is 10.0 Å². The lowest BCUT2D eigenvalue weighted by Crippen LogP contribution is -2.49. The SMILES string of the molecule is CC1CCN(C(=O)c2cccc(S(=O)(=O)NC3CCCC3)c2)C(CN)C1.Cl. The first kappa shape index (κ1) is 22.1. The van der Waals surface area contributed by atoms with Crippen LogP contribution in [0.3, 0.4) is 0 Å². The third-order valence-electron chi connectivity index (χ3n) is 5.58. The van der Waals surface area contributed by atoms with Crippen LogP contribution in [-0.2, 0) is 10.0 Å². The van der Waals surface area contributed by atoms with Crippen molar-refractivity contribution in [2.45, 2.75) is 62.4 Å². The minimum atomic E-state index is -3.60. The molecule has 1 saturated heterocycles. The van der Waals surface area contributed by atoms with Gasteiger partial charge in [-0.15, -0.1) is 12.4 Å². The predicted octanol–water partition coefficient (Wildman–Crippen LogP) is 2.53. The lowest BCUT2D eigenvalue weighted by atomic mass is 9.92. The molecule has 2 fully saturated rings. The van der Waals surface area contributed by atoms with Gasteiger partial charge in [0.1, 0.15) is 0 Å². The molecule has 2 atom stereocenters. The van der Waals surface area contributed by atoms with Gasteiger partial charge in [-0.1, -0.05) is 25.8 Å². The molecule has 152 valence electrons. The van der Waals surface area contributed by atoms with Gasteiger partial charge in [0.05, 0.1) is 4.90 Å². The molecule has 3 rings (SSSR count). The van der Waals surface area contributed by atoms with Crippen molar-refractivity contribution in [1.82, 2.24) is 9.62 Å². The normalized spacial score (nSPS) is 23.9. The fourth-order valence-electron chi connectivity index (χ4n) is 4.04. The quantitative estimate of drug-likeness (QED) is 0.772. The standard InChI is InChI=1S/C19H29N3O3S.ClH/c1-14-9-10-22(17(11-14)13-20)19(23)15-5-4-8-18(12-15)26(24,25)21-16-6-2-3-7-16;/h4-5,8,12,14,16-17,21H,2-3,6-7,9-11,13,20H2,1H3;1H. The molecule has 0 spiro atoms. The van der Waals surface area contributed by atoms with Crippen LogP contribution in [0, 0.1) is 5.92 Å². The minimum Gasteiger partial charge on any atom is -0.334 e. The van der Waals surface area contributed by atoms with Crippen LogP contribution in [0.25, 0.3) is 0 Å². The number of hydrogen-bond donors (Lipinski definition) is 2. The van der Waals surface area contributed by atoms with E-state index in [0.29, 0.717) is 24.6 Å². The smallest absolute Gasteiger partial charge is 0.254 e. The molecule has 1 saturated carbocycles. The van der Waals surface area contributed by atoms with Crippen LogP contribution in [0.5, 0.6) is 0 Å². The molecule has 0 radical (unpaired) electrons. The molecule has 8 heteroatoms. The van der Waals surface area contributed by atoms with E-state index in [-0.39, 0.29) is 35.3 Å². The third kappa shape index (κ3) is 5.22. The van der Waals surface area contributed by atoms with Gasteiger partial charge in [-0.25, -0.2) is 13.1 Å². The third-order valence-corrected chi connectivity index (χ3v) is 7.10. The molecule has 1 aliphatic heterocycles. The zero-order valence-electron chi connectivity index (χ0n) is 15.8. The maximum absolute atomic E-state index is 13.0. The average molecular weight is 416 g/mol. The fourth-order valence-corrected chi connectivity index (χ4v) is 5.39. The zero-order valence-corrected chi connectivity index (χ0v) is 17.4. The highest BCUT2D eigenvalue weighted by atomic mass is 35.5. The molecule has 1 aromatic carbocycles. The number of sulfonamides is 1. The topological polar surface area (TPSA) is 92.5 Å². The van der Waals surface area contributed by atoms with E-state index in [1.54, 1.807) is 23.1 Å². The summed E-state index contributed by atoms with van der Waals surface area (Å²) in [6.07, 6.45) is 5.70. The number of halogens is 1. The Hall–Kier alpha value is -1.15. The van der Waals surface area contributed by atoms with Crippen LogP contribution in [-0.4, -0.2) is 44.4 Å². The van der Waals surface area contributed by atoms with Gasteiger partial charge in [0, 0.05) is 30.7 Å². The van der Waals surface area contributed by atoms with Crippen molar-refractivity contribution in [1.29, 1.82) is 0 Å². The summed E-state index contributed by atoms with van der Waals surface area (Å²) < 4.78 is 28.1. The fraction of sp³-hybridized carbons (Fsp3) is 0.632. The van der Waals surface area contributed by atoms with Gasteiger partial charge in [-0.2, -0.15) is 0 Å². The monoisotopic (exact) mass is 415 g/mol. The maximum atomic E-state index is 13.0. The molecule has 2 aliphatic rings. The number of nitrogens with one attached hydrogen (secondary N) is 1. The molecule has 1 aromatic rings. The van der Waals surface area contributed by atoms with Crippen LogP contribution in [0.4, 0.5) is 0 Å². The number of carbonyl (C=O) groups is 1. The number of benzene rings is 1. The molecule has 6 nitrogen and oxygen atoms in total. The van der Waals surface area contributed by atoms with Crippen molar-refractivity contribution in [3.8, 4) is 0 Å². The van der Waals surface area contributed by atoms with Crippen LogP contribution in [0.2, 0.25) is 0 Å². The molecule has 2 unspecified atom stereocenters. The first-order chi connectivity index (χ1) is 12.4. The van der Waals surface area contributed by atoms with E-state index in [1.165, 1.54) is 6.07 Å². The van der Waals surface area contributed by atoms with Gasteiger partial charge < -0.3 is 10.6 Å². The van der Waals surface area contributed by atoms with Gasteiger partial charge in [-0.3, -0.25) is 4.79 Å². The lowest BCUT2D eigenvalue weighted by molar-refractivity contribution is 0.0573.